The number of likely N-dealkylation sites (tertiary alicyclic amines) is 1. The van der Waals surface area contributed by atoms with Crippen molar-refractivity contribution in [3.05, 3.63) is 125 Å². The predicted octanol–water partition coefficient (Wildman–Crippen LogP) is 7.20. The minimum absolute atomic E-state index is 0.0564. The minimum Gasteiger partial charge on any atom is -0.494 e. The van der Waals surface area contributed by atoms with Gasteiger partial charge in [-0.2, -0.15) is 0 Å². The summed E-state index contributed by atoms with van der Waals surface area (Å²) in [6.07, 6.45) is 18.5. The van der Waals surface area contributed by atoms with Crippen molar-refractivity contribution in [2.45, 2.75) is 83.2 Å². The Morgan fingerprint density at radius 3 is 2.55 bits per heavy atom. The number of aliphatic imine (C=N–C) groups is 1. The Morgan fingerprint density at radius 1 is 0.970 bits per heavy atom. The predicted molar refractivity (Wildman–Crippen MR) is 251 cm³/mol. The third kappa shape index (κ3) is 9.71. The number of guanidine groups is 1. The summed E-state index contributed by atoms with van der Waals surface area (Å²) >= 11 is 6.67. The van der Waals surface area contributed by atoms with Crippen molar-refractivity contribution in [3.63, 3.8) is 0 Å². The third-order valence-electron chi connectivity index (χ3n) is 13.0. The maximum absolute atomic E-state index is 14.0. The summed E-state index contributed by atoms with van der Waals surface area (Å²) in [5, 5.41) is 9.20. The zero-order valence-electron chi connectivity index (χ0n) is 36.9. The summed E-state index contributed by atoms with van der Waals surface area (Å²) in [5.74, 6) is -1.10. The Bertz CT molecular complexity index is 2580. The number of allylic oxidation sites excluding steroid dienone is 5. The van der Waals surface area contributed by atoms with E-state index in [0.29, 0.717) is 80.0 Å². The molecule has 6 heterocycles. The summed E-state index contributed by atoms with van der Waals surface area (Å²) in [6, 6.07) is 13.3. The number of hydrogen-bond acceptors (Lipinski definition) is 11. The van der Waals surface area contributed by atoms with Crippen molar-refractivity contribution in [1.29, 1.82) is 0 Å². The zero-order valence-corrected chi connectivity index (χ0v) is 37.6. The molecule has 2 aromatic carbocycles. The number of halogens is 1. The molecule has 2 unspecified atom stereocenters. The third-order valence-corrected chi connectivity index (χ3v) is 13.3. The van der Waals surface area contributed by atoms with Crippen LogP contribution in [-0.4, -0.2) is 88.5 Å². The lowest BCUT2D eigenvalue weighted by Gasteiger charge is -2.38. The van der Waals surface area contributed by atoms with Crippen LogP contribution in [0.4, 0.5) is 11.4 Å². The lowest BCUT2D eigenvalue weighted by molar-refractivity contribution is -0.137. The van der Waals surface area contributed by atoms with Crippen LogP contribution in [0.1, 0.15) is 109 Å². The molecular formula is C50H53ClN8O7. The molecule has 0 radical (unpaired) electrons. The number of carbonyl (C=O) groups excluding carboxylic acids is 6. The number of nitrogens with one attached hydrogen (secondary N) is 3. The lowest BCUT2D eigenvalue weighted by Crippen LogP contribution is -2.54. The van der Waals surface area contributed by atoms with E-state index in [1.54, 1.807) is 30.7 Å². The number of imide groups is 2. The van der Waals surface area contributed by atoms with Crippen molar-refractivity contribution >= 4 is 70.0 Å². The van der Waals surface area contributed by atoms with E-state index in [2.05, 4.69) is 33.6 Å². The van der Waals surface area contributed by atoms with Crippen LogP contribution in [0, 0.1) is 5.41 Å². The van der Waals surface area contributed by atoms with Gasteiger partial charge in [0.2, 0.25) is 29.6 Å². The first-order chi connectivity index (χ1) is 32.0. The summed E-state index contributed by atoms with van der Waals surface area (Å²) in [5.41, 5.74) is 4.26. The highest BCUT2D eigenvalue weighted by Crippen LogP contribution is 2.43. The molecule has 66 heavy (non-hydrogen) atoms. The van der Waals surface area contributed by atoms with Gasteiger partial charge in [0.25, 0.3) is 11.8 Å². The van der Waals surface area contributed by atoms with E-state index in [4.69, 9.17) is 21.3 Å². The number of ether oxygens (including phenoxy) is 1. The molecule has 1 spiro atoms. The van der Waals surface area contributed by atoms with Crippen LogP contribution in [0.5, 0.6) is 5.75 Å². The van der Waals surface area contributed by atoms with E-state index in [1.807, 2.05) is 59.2 Å². The van der Waals surface area contributed by atoms with Gasteiger partial charge in [0.05, 0.1) is 51.9 Å². The van der Waals surface area contributed by atoms with Gasteiger partial charge in [0, 0.05) is 38.7 Å². The number of rotatable bonds is 15. The second-order valence-electron chi connectivity index (χ2n) is 17.1. The molecule has 2 atom stereocenters. The Balaban J connectivity index is 0.765. The van der Waals surface area contributed by atoms with Gasteiger partial charge in [-0.1, -0.05) is 73.5 Å². The van der Waals surface area contributed by atoms with Crippen LogP contribution in [0.3, 0.4) is 0 Å². The number of aromatic nitrogens is 1. The van der Waals surface area contributed by atoms with Gasteiger partial charge in [-0.3, -0.25) is 44.0 Å². The Morgan fingerprint density at radius 2 is 1.76 bits per heavy atom. The quantitative estimate of drug-likeness (QED) is 0.0802. The molecule has 3 saturated heterocycles. The van der Waals surface area contributed by atoms with E-state index < -0.39 is 41.1 Å². The number of benzene rings is 2. The van der Waals surface area contributed by atoms with Crippen LogP contribution in [0.2, 0.25) is 0 Å². The first-order valence-electron chi connectivity index (χ1n) is 22.5. The van der Waals surface area contributed by atoms with E-state index >= 15 is 0 Å². The van der Waals surface area contributed by atoms with E-state index in [9.17, 15) is 28.8 Å². The SMILES string of the molecule is C=C/C=C\C(=C/C)c1cccc(C2N=C(Nc3cncc(N4CCC5(CCN(C(=O)CCCCCCOc6ccc7c(c6)C(=O)N(C6CCC(=O)NC6=O)C7=O)CC5)C4=O)c3)NC=C2Cl)c1. The molecule has 6 amide bonds. The second-order valence-corrected chi connectivity index (χ2v) is 17.5. The summed E-state index contributed by atoms with van der Waals surface area (Å²) in [6.45, 7) is 7.81. The average Bonchev–Trinajstić information content (AvgIpc) is 3.77. The largest absolute Gasteiger partial charge is 0.494 e. The molecule has 342 valence electrons. The number of fused-ring (bicyclic) bond motifs is 1. The minimum atomic E-state index is -1.02. The smallest absolute Gasteiger partial charge is 0.262 e. The van der Waals surface area contributed by atoms with Crippen molar-refractivity contribution in [1.82, 2.24) is 25.4 Å². The highest BCUT2D eigenvalue weighted by molar-refractivity contribution is 6.30. The van der Waals surface area contributed by atoms with Crippen LogP contribution in [0.25, 0.3) is 5.57 Å². The number of carbonyl (C=O) groups is 6. The first kappa shape index (κ1) is 45.7. The number of piperidine rings is 2. The Kier molecular flexibility index (Phi) is 13.9. The fourth-order valence-corrected chi connectivity index (χ4v) is 9.51. The molecule has 16 heteroatoms. The molecule has 1 aromatic heterocycles. The molecule has 15 nitrogen and oxygen atoms in total. The van der Waals surface area contributed by atoms with Crippen LogP contribution in [0.15, 0.2) is 108 Å². The molecule has 3 aromatic rings. The molecule has 5 aliphatic rings. The number of amides is 6. The maximum Gasteiger partial charge on any atom is 0.262 e. The fourth-order valence-electron chi connectivity index (χ4n) is 9.28. The fraction of sp³-hybridized carbons (Fsp3) is 0.360. The highest BCUT2D eigenvalue weighted by atomic mass is 35.5. The molecule has 3 N–H and O–H groups in total. The summed E-state index contributed by atoms with van der Waals surface area (Å²) in [7, 11) is 0. The molecule has 0 bridgehead atoms. The van der Waals surface area contributed by atoms with E-state index in [-0.39, 0.29) is 35.8 Å². The summed E-state index contributed by atoms with van der Waals surface area (Å²) in [4.78, 5) is 91.2. The number of hydrogen-bond donors (Lipinski definition) is 3. The van der Waals surface area contributed by atoms with Gasteiger partial charge in [-0.25, -0.2) is 4.99 Å². The maximum atomic E-state index is 14.0. The first-order valence-corrected chi connectivity index (χ1v) is 22.9. The molecular weight excluding hydrogens is 860 g/mol. The van der Waals surface area contributed by atoms with Gasteiger partial charge >= 0.3 is 0 Å². The van der Waals surface area contributed by atoms with Gasteiger partial charge in [-0.15, -0.1) is 0 Å². The Hall–Kier alpha value is -6.87. The van der Waals surface area contributed by atoms with Crippen LogP contribution >= 0.6 is 11.6 Å². The number of nitrogens with zero attached hydrogens (tertiary/aromatic N) is 5. The average molecular weight is 913 g/mol. The van der Waals surface area contributed by atoms with Gasteiger partial charge in [-0.05, 0) is 92.5 Å². The van der Waals surface area contributed by atoms with Crippen LogP contribution in [-0.2, 0) is 19.2 Å². The van der Waals surface area contributed by atoms with Crippen molar-refractivity contribution in [2.24, 2.45) is 10.4 Å². The monoisotopic (exact) mass is 912 g/mol. The highest BCUT2D eigenvalue weighted by Gasteiger charge is 2.49. The van der Waals surface area contributed by atoms with Gasteiger partial charge in [0.1, 0.15) is 17.8 Å². The standard InChI is InChI=1S/C50H53ClN8O7/c1-3-5-11-32(4-2)33-12-10-13-34(26-33)44-40(51)31-53-49(56-44)54-35-27-36(30-52-29-35)58-24-21-50(48(58)65)19-22-57(23-20-50)43(61)14-8-6-7-9-25-66-37-15-16-38-39(28-37)47(64)59(46(38)63)41-17-18-42(60)55-45(41)62/h3-5,10-13,15-16,26-31,41,44H,1,6-9,14,17-25H2,2H3,(H2,53,54,56)(H,55,60,62)/b11-5-,32-4+. The molecule has 5 aliphatic heterocycles. The number of unbranched alkanes of at least 4 members (excludes halogenated alkanes) is 3. The molecule has 0 saturated carbocycles. The summed E-state index contributed by atoms with van der Waals surface area (Å²) < 4.78 is 5.88. The molecule has 8 rings (SSSR count). The zero-order chi connectivity index (χ0) is 46.4. The lowest BCUT2D eigenvalue weighted by atomic mass is 9.77. The van der Waals surface area contributed by atoms with Crippen molar-refractivity contribution in [3.8, 4) is 5.75 Å². The second kappa shape index (κ2) is 20.1. The van der Waals surface area contributed by atoms with E-state index in [0.717, 1.165) is 47.3 Å². The number of pyridine rings is 1. The van der Waals surface area contributed by atoms with Crippen molar-refractivity contribution in [2.75, 3.05) is 36.5 Å². The van der Waals surface area contributed by atoms with Crippen LogP contribution < -0.4 is 25.6 Å². The van der Waals surface area contributed by atoms with Gasteiger partial charge < -0.3 is 25.2 Å². The normalized spacial score (nSPS) is 20.6. The van der Waals surface area contributed by atoms with Gasteiger partial charge in [0.15, 0.2) is 0 Å². The van der Waals surface area contributed by atoms with E-state index in [1.165, 1.54) is 12.1 Å². The number of anilines is 2. The molecule has 0 aliphatic carbocycles. The Labute approximate surface area is 388 Å². The van der Waals surface area contributed by atoms with Crippen molar-refractivity contribution < 1.29 is 33.5 Å². The topological polar surface area (TPSA) is 183 Å². The molecule has 3 fully saturated rings.